The normalized spacial score (nSPS) is 8.67. The van der Waals surface area contributed by atoms with Crippen LogP contribution in [0.25, 0.3) is 0 Å². The van der Waals surface area contributed by atoms with Crippen molar-refractivity contribution in [2.45, 2.75) is 0 Å². The number of rotatable bonds is 2. The van der Waals surface area contributed by atoms with Crippen molar-refractivity contribution in [3.63, 3.8) is 0 Å². The molecule has 0 saturated carbocycles. The van der Waals surface area contributed by atoms with Gasteiger partial charge < -0.3 is 9.47 Å². The maximum Gasteiger partial charge on any atom is 0.514 e. The highest BCUT2D eigenvalue weighted by molar-refractivity contribution is 14.1. The van der Waals surface area contributed by atoms with Crippen LogP contribution in [0.1, 0.15) is 0 Å². The fourth-order valence-electron chi connectivity index (χ4n) is 0.769. The van der Waals surface area contributed by atoms with E-state index in [1.54, 1.807) is 24.3 Å². The Morgan fingerprint density at radius 1 is 1.47 bits per heavy atom. The number of benzene rings is 1. The minimum Gasteiger partial charge on any atom is -0.421 e. The second kappa shape index (κ2) is 6.53. The quantitative estimate of drug-likeness (QED) is 0.360. The number of carbonyl (C=O) groups is 1. The molecule has 0 amide bonds. The van der Waals surface area contributed by atoms with Crippen LogP contribution in [-0.2, 0) is 4.74 Å². The predicted octanol–water partition coefficient (Wildman–Crippen LogP) is 3.25. The third-order valence-corrected chi connectivity index (χ3v) is 2.05. The van der Waals surface area contributed by atoms with Gasteiger partial charge in [0, 0.05) is 22.6 Å². The maximum atomic E-state index is 11.1. The summed E-state index contributed by atoms with van der Waals surface area (Å²) in [6, 6.07) is 6.64. The lowest BCUT2D eigenvalue weighted by Gasteiger charge is -2.04. The number of ether oxygens (including phenoxy) is 2. The molecule has 0 unspecified atom stereocenters. The van der Waals surface area contributed by atoms with Gasteiger partial charge in [-0.15, -0.1) is 0 Å². The molecule has 0 aromatic heterocycles. The predicted molar refractivity (Wildman–Crippen MR) is 65.2 cm³/mol. The second-order valence-corrected chi connectivity index (χ2v) is 3.29. The molecule has 1 rings (SSSR count). The Hall–Kier alpha value is -0.930. The van der Waals surface area contributed by atoms with Crippen molar-refractivity contribution in [3.8, 4) is 15.6 Å². The van der Waals surface area contributed by atoms with Crippen LogP contribution in [0.15, 0.2) is 24.3 Å². The van der Waals surface area contributed by atoms with Crippen molar-refractivity contribution >= 4 is 40.3 Å². The van der Waals surface area contributed by atoms with Crippen molar-refractivity contribution in [1.82, 2.24) is 0 Å². The molecule has 0 aliphatic carbocycles. The monoisotopic (exact) mass is 336 g/mol. The number of carbonyl (C=O) groups excluding carboxylic acids is 1. The van der Waals surface area contributed by atoms with E-state index in [1.807, 2.05) is 22.6 Å². The molecule has 0 N–H and O–H groups in total. The van der Waals surface area contributed by atoms with Gasteiger partial charge in [-0.3, -0.25) is 0 Å². The molecular weight excluding hydrogens is 330 g/mol. The summed E-state index contributed by atoms with van der Waals surface area (Å²) in [4.78, 5) is 11.1. The van der Waals surface area contributed by atoms with Gasteiger partial charge in [-0.2, -0.15) is 0 Å². The molecule has 0 saturated heterocycles. The van der Waals surface area contributed by atoms with Crippen LogP contribution >= 0.6 is 34.2 Å². The Bertz CT molecular complexity index is 409. The lowest BCUT2D eigenvalue weighted by Crippen LogP contribution is -2.10. The van der Waals surface area contributed by atoms with Crippen LogP contribution in [0.4, 0.5) is 4.79 Å². The summed E-state index contributed by atoms with van der Waals surface area (Å²) >= 11 is 7.62. The summed E-state index contributed by atoms with van der Waals surface area (Å²) in [5.74, 6) is 2.83. The highest BCUT2D eigenvalue weighted by Crippen LogP contribution is 2.23. The molecule has 5 heteroatoms. The maximum absolute atomic E-state index is 11.1. The first-order valence-corrected chi connectivity index (χ1v) is 5.37. The minimum absolute atomic E-state index is 0.00618. The largest absolute Gasteiger partial charge is 0.514 e. The van der Waals surface area contributed by atoms with Crippen LogP contribution in [0.5, 0.6) is 5.75 Å². The molecule has 1 aromatic carbocycles. The van der Waals surface area contributed by atoms with E-state index in [0.29, 0.717) is 5.02 Å². The summed E-state index contributed by atoms with van der Waals surface area (Å²) in [6.45, 7) is 0.00618. The minimum atomic E-state index is -0.817. The van der Waals surface area contributed by atoms with E-state index in [0.717, 1.165) is 0 Å². The topological polar surface area (TPSA) is 35.5 Å². The second-order valence-electron chi connectivity index (χ2n) is 2.34. The van der Waals surface area contributed by atoms with Gasteiger partial charge in [-0.25, -0.2) is 4.79 Å². The zero-order valence-corrected chi connectivity index (χ0v) is 10.4. The Morgan fingerprint density at radius 2 is 2.20 bits per heavy atom. The summed E-state index contributed by atoms with van der Waals surface area (Å²) in [7, 11) is 0. The highest BCUT2D eigenvalue weighted by Gasteiger charge is 2.07. The average molecular weight is 337 g/mol. The summed E-state index contributed by atoms with van der Waals surface area (Å²) in [5, 5.41) is 0.356. The molecule has 0 radical (unpaired) electrons. The zero-order valence-electron chi connectivity index (χ0n) is 7.50. The van der Waals surface area contributed by atoms with Crippen LogP contribution in [0, 0.1) is 9.85 Å². The number of hydrogen-bond acceptors (Lipinski definition) is 3. The highest BCUT2D eigenvalue weighted by atomic mass is 127. The Morgan fingerprint density at radius 3 is 2.87 bits per heavy atom. The van der Waals surface area contributed by atoms with Gasteiger partial charge in [0.2, 0.25) is 0 Å². The Kier molecular flexibility index (Phi) is 5.29. The molecule has 78 valence electrons. The molecule has 0 bridgehead atoms. The fourth-order valence-corrected chi connectivity index (χ4v) is 1.10. The molecule has 0 aliphatic heterocycles. The zero-order chi connectivity index (χ0) is 11.1. The van der Waals surface area contributed by atoms with Crippen LogP contribution in [0.3, 0.4) is 0 Å². The first kappa shape index (κ1) is 12.1. The van der Waals surface area contributed by atoms with Gasteiger partial charge in [-0.05, 0) is 16.1 Å². The van der Waals surface area contributed by atoms with E-state index in [1.165, 1.54) is 0 Å². The van der Waals surface area contributed by atoms with E-state index < -0.39 is 6.16 Å². The Balaban J connectivity index is 2.50. The van der Waals surface area contributed by atoms with Gasteiger partial charge in [0.05, 0.1) is 5.02 Å². The third-order valence-electron chi connectivity index (χ3n) is 1.36. The van der Waals surface area contributed by atoms with Crippen molar-refractivity contribution in [1.29, 1.82) is 0 Å². The smallest absolute Gasteiger partial charge is 0.421 e. The van der Waals surface area contributed by atoms with Crippen molar-refractivity contribution in [2.24, 2.45) is 0 Å². The molecule has 0 atom stereocenters. The molecule has 0 aliphatic rings. The molecule has 0 heterocycles. The Labute approximate surface area is 106 Å². The van der Waals surface area contributed by atoms with E-state index in [2.05, 4.69) is 14.6 Å². The standard InChI is InChI=1S/C10H6ClIO3/c11-8-4-1-2-5-9(8)15-10(13)14-7-3-6-12/h1-2,4-5H,7H2. The fraction of sp³-hybridized carbons (Fsp3) is 0.100. The number of hydrogen-bond donors (Lipinski definition) is 0. The molecule has 15 heavy (non-hydrogen) atoms. The molecular formula is C10H6ClIO3. The summed E-state index contributed by atoms with van der Waals surface area (Å²) in [5.41, 5.74) is 0. The number of halogens is 2. The SMILES string of the molecule is O=C(OCC#CI)Oc1ccccc1Cl. The van der Waals surface area contributed by atoms with Gasteiger partial charge in [-0.1, -0.05) is 29.7 Å². The van der Waals surface area contributed by atoms with Crippen LogP contribution in [-0.4, -0.2) is 12.8 Å². The first-order valence-electron chi connectivity index (χ1n) is 3.91. The first-order chi connectivity index (χ1) is 7.24. The van der Waals surface area contributed by atoms with Crippen molar-refractivity contribution in [3.05, 3.63) is 29.3 Å². The van der Waals surface area contributed by atoms with Crippen LogP contribution in [0.2, 0.25) is 5.02 Å². The summed E-state index contributed by atoms with van der Waals surface area (Å²) < 4.78 is 12.0. The van der Waals surface area contributed by atoms with E-state index in [-0.39, 0.29) is 12.4 Å². The molecule has 3 nitrogen and oxygen atoms in total. The van der Waals surface area contributed by atoms with Crippen molar-refractivity contribution in [2.75, 3.05) is 6.61 Å². The lowest BCUT2D eigenvalue weighted by atomic mass is 10.3. The van der Waals surface area contributed by atoms with Crippen LogP contribution < -0.4 is 4.74 Å². The third kappa shape index (κ3) is 4.40. The summed E-state index contributed by atoms with van der Waals surface area (Å²) in [6.07, 6.45) is -0.817. The van der Waals surface area contributed by atoms with Gasteiger partial charge >= 0.3 is 6.16 Å². The van der Waals surface area contributed by atoms with Gasteiger partial charge in [0.25, 0.3) is 0 Å². The lowest BCUT2D eigenvalue weighted by molar-refractivity contribution is 0.111. The number of para-hydroxylation sites is 1. The van der Waals surface area contributed by atoms with Crippen molar-refractivity contribution < 1.29 is 14.3 Å². The van der Waals surface area contributed by atoms with E-state index >= 15 is 0 Å². The molecule has 1 aromatic rings. The van der Waals surface area contributed by atoms with Gasteiger partial charge in [0.1, 0.15) is 0 Å². The van der Waals surface area contributed by atoms with E-state index in [4.69, 9.17) is 16.3 Å². The average Bonchev–Trinajstić information content (AvgIpc) is 2.22. The van der Waals surface area contributed by atoms with Gasteiger partial charge in [0.15, 0.2) is 12.4 Å². The van der Waals surface area contributed by atoms with E-state index in [9.17, 15) is 4.79 Å². The molecule has 0 spiro atoms. The molecule has 0 fully saturated rings.